The van der Waals surface area contributed by atoms with Crippen molar-refractivity contribution in [2.45, 2.75) is 73.1 Å². The smallest absolute Gasteiger partial charge is 0.123 e. The summed E-state index contributed by atoms with van der Waals surface area (Å²) in [6.07, 6.45) is 15.3. The molecule has 3 aromatic rings. The van der Waals surface area contributed by atoms with Crippen LogP contribution in [-0.4, -0.2) is 4.98 Å². The van der Waals surface area contributed by atoms with Crippen molar-refractivity contribution in [3.63, 3.8) is 0 Å². The van der Waals surface area contributed by atoms with Crippen molar-refractivity contribution in [3.05, 3.63) is 119 Å². The lowest BCUT2D eigenvalue weighted by molar-refractivity contribution is 0.625. The lowest BCUT2D eigenvalue weighted by atomic mass is 10.0. The molecule has 4 rings (SSSR count). The van der Waals surface area contributed by atoms with Crippen LogP contribution in [0.2, 0.25) is 0 Å². The van der Waals surface area contributed by atoms with Crippen LogP contribution in [0.15, 0.2) is 85.7 Å². The number of hydrogen-bond donors (Lipinski definition) is 0. The first-order chi connectivity index (χ1) is 16.4. The molecule has 0 saturated heterocycles. The van der Waals surface area contributed by atoms with Gasteiger partial charge in [-0.25, -0.2) is 4.39 Å². The predicted molar refractivity (Wildman–Crippen MR) is 148 cm³/mol. The molecular formula is C32H42FN. The quantitative estimate of drug-likeness (QED) is 0.354. The van der Waals surface area contributed by atoms with E-state index in [-0.39, 0.29) is 5.82 Å². The molecule has 0 unspecified atom stereocenters. The van der Waals surface area contributed by atoms with Crippen molar-refractivity contribution in [1.29, 1.82) is 0 Å². The van der Waals surface area contributed by atoms with Gasteiger partial charge < -0.3 is 0 Å². The average Bonchev–Trinajstić information content (AvgIpc) is 3.41. The topological polar surface area (TPSA) is 12.9 Å². The summed E-state index contributed by atoms with van der Waals surface area (Å²) in [7, 11) is 0. The summed E-state index contributed by atoms with van der Waals surface area (Å²) in [4.78, 5) is 3.96. The molecular weight excluding hydrogens is 417 g/mol. The van der Waals surface area contributed by atoms with Gasteiger partial charge in [-0.05, 0) is 93.3 Å². The molecule has 1 nitrogen and oxygen atoms in total. The molecule has 0 radical (unpaired) electrons. The normalized spacial score (nSPS) is 11.2. The average molecular weight is 460 g/mol. The Morgan fingerprint density at radius 3 is 2.09 bits per heavy atom. The van der Waals surface area contributed by atoms with Gasteiger partial charge in [0.05, 0.1) is 0 Å². The monoisotopic (exact) mass is 459 g/mol. The Balaban J connectivity index is 0.000000234. The van der Waals surface area contributed by atoms with Gasteiger partial charge in [-0.3, -0.25) is 4.98 Å². The van der Waals surface area contributed by atoms with E-state index >= 15 is 0 Å². The van der Waals surface area contributed by atoms with Crippen LogP contribution < -0.4 is 0 Å². The Bertz CT molecular complexity index is 983. The molecule has 0 amide bonds. The first-order valence-corrected chi connectivity index (χ1v) is 12.4. The fraction of sp³-hybridized carbons (Fsp3) is 0.344. The van der Waals surface area contributed by atoms with Crippen LogP contribution in [0.1, 0.15) is 74.3 Å². The van der Waals surface area contributed by atoms with E-state index in [9.17, 15) is 4.39 Å². The Kier molecular flexibility index (Phi) is 14.9. The van der Waals surface area contributed by atoms with Crippen molar-refractivity contribution < 1.29 is 4.39 Å². The van der Waals surface area contributed by atoms with E-state index < -0.39 is 0 Å². The van der Waals surface area contributed by atoms with Crippen molar-refractivity contribution in [2.24, 2.45) is 0 Å². The van der Waals surface area contributed by atoms with E-state index in [0.717, 1.165) is 30.4 Å². The lowest BCUT2D eigenvalue weighted by Gasteiger charge is -2.04. The molecule has 0 spiro atoms. The zero-order valence-electron chi connectivity index (χ0n) is 21.8. The molecule has 0 fully saturated rings. The van der Waals surface area contributed by atoms with Gasteiger partial charge in [-0.15, -0.1) is 0 Å². The number of benzene rings is 2. The van der Waals surface area contributed by atoms with Crippen LogP contribution in [0.25, 0.3) is 5.57 Å². The molecule has 34 heavy (non-hydrogen) atoms. The molecule has 0 N–H and O–H groups in total. The summed E-state index contributed by atoms with van der Waals surface area (Å²) in [5.74, 6) is -0.133. The SMILES string of the molecule is C1=CCCC1.C=C(C)c1ccc(C)cc1C.CCCc1cccc(F)c1.CCc1cccnc1. The second-order valence-electron chi connectivity index (χ2n) is 8.60. The number of aryl methyl sites for hydroxylation is 4. The molecule has 1 aromatic heterocycles. The predicted octanol–water partition coefficient (Wildman–Crippen LogP) is 9.49. The van der Waals surface area contributed by atoms with Crippen LogP contribution in [0.5, 0.6) is 0 Å². The Morgan fingerprint density at radius 1 is 0.941 bits per heavy atom. The van der Waals surface area contributed by atoms with Crippen LogP contribution in [0.4, 0.5) is 4.39 Å². The van der Waals surface area contributed by atoms with Crippen LogP contribution in [0, 0.1) is 19.7 Å². The van der Waals surface area contributed by atoms with E-state index in [4.69, 9.17) is 0 Å². The van der Waals surface area contributed by atoms with Gasteiger partial charge in [0.1, 0.15) is 5.82 Å². The second kappa shape index (κ2) is 17.5. The first-order valence-electron chi connectivity index (χ1n) is 12.4. The summed E-state index contributed by atoms with van der Waals surface area (Å²) in [6.45, 7) is 14.4. The minimum absolute atomic E-state index is 0.133. The van der Waals surface area contributed by atoms with E-state index in [1.165, 1.54) is 47.6 Å². The molecule has 1 aliphatic rings. The minimum atomic E-state index is -0.133. The van der Waals surface area contributed by atoms with Crippen molar-refractivity contribution >= 4 is 5.57 Å². The fourth-order valence-electron chi connectivity index (χ4n) is 3.47. The molecule has 0 atom stereocenters. The Morgan fingerprint density at radius 2 is 1.65 bits per heavy atom. The molecule has 182 valence electrons. The van der Waals surface area contributed by atoms with Gasteiger partial charge in [-0.2, -0.15) is 0 Å². The van der Waals surface area contributed by atoms with E-state index in [2.05, 4.69) is 75.7 Å². The van der Waals surface area contributed by atoms with Gasteiger partial charge >= 0.3 is 0 Å². The third kappa shape index (κ3) is 12.9. The molecule has 0 bridgehead atoms. The lowest BCUT2D eigenvalue weighted by Crippen LogP contribution is -1.84. The fourth-order valence-corrected chi connectivity index (χ4v) is 3.47. The highest BCUT2D eigenvalue weighted by molar-refractivity contribution is 5.64. The van der Waals surface area contributed by atoms with Crippen LogP contribution in [0.3, 0.4) is 0 Å². The summed E-state index contributed by atoms with van der Waals surface area (Å²) in [5, 5.41) is 0. The van der Waals surface area contributed by atoms with Gasteiger partial charge in [0, 0.05) is 12.4 Å². The number of nitrogens with zero attached hydrogens (tertiary/aromatic N) is 1. The third-order valence-electron chi connectivity index (χ3n) is 5.31. The van der Waals surface area contributed by atoms with Gasteiger partial charge in [-0.1, -0.05) is 86.5 Å². The maximum atomic E-state index is 12.5. The summed E-state index contributed by atoms with van der Waals surface area (Å²) in [5.41, 5.74) is 7.43. The number of aromatic nitrogens is 1. The highest BCUT2D eigenvalue weighted by Crippen LogP contribution is 2.17. The van der Waals surface area contributed by atoms with Crippen LogP contribution >= 0.6 is 0 Å². The highest BCUT2D eigenvalue weighted by atomic mass is 19.1. The maximum absolute atomic E-state index is 12.5. The number of pyridine rings is 1. The van der Waals surface area contributed by atoms with Crippen LogP contribution in [-0.2, 0) is 12.8 Å². The Labute approximate surface area is 207 Å². The zero-order valence-corrected chi connectivity index (χ0v) is 21.8. The van der Waals surface area contributed by atoms with E-state index in [0.29, 0.717) is 0 Å². The molecule has 1 aliphatic carbocycles. The standard InChI is InChI=1S/C11H14.C9H11F.C7H9N.C5H8/c1-8(2)11-6-5-9(3)7-10(11)4;1-2-4-8-5-3-6-9(10)7-8;1-2-7-4-3-5-8-6-7;1-2-4-5-3-1/h5-7H,1H2,2-4H3;3,5-7H,2,4H2,1H3;3-6H,2H2,1H3;1-2H,3-5H2. The number of halogens is 1. The van der Waals surface area contributed by atoms with Crippen molar-refractivity contribution in [1.82, 2.24) is 4.98 Å². The third-order valence-corrected chi connectivity index (χ3v) is 5.31. The molecule has 2 heteroatoms. The van der Waals surface area contributed by atoms with Crippen molar-refractivity contribution in [2.75, 3.05) is 0 Å². The summed E-state index contributed by atoms with van der Waals surface area (Å²) >= 11 is 0. The molecule has 1 heterocycles. The molecule has 0 aliphatic heterocycles. The second-order valence-corrected chi connectivity index (χ2v) is 8.60. The minimum Gasteiger partial charge on any atom is -0.264 e. The molecule has 0 saturated carbocycles. The summed E-state index contributed by atoms with van der Waals surface area (Å²) in [6, 6.07) is 17.2. The maximum Gasteiger partial charge on any atom is 0.123 e. The summed E-state index contributed by atoms with van der Waals surface area (Å²) < 4.78 is 12.5. The van der Waals surface area contributed by atoms with Gasteiger partial charge in [0.25, 0.3) is 0 Å². The van der Waals surface area contributed by atoms with E-state index in [1.54, 1.807) is 18.3 Å². The first kappa shape index (κ1) is 29.0. The van der Waals surface area contributed by atoms with Crippen molar-refractivity contribution in [3.8, 4) is 0 Å². The zero-order chi connectivity index (χ0) is 25.2. The largest absolute Gasteiger partial charge is 0.264 e. The highest BCUT2D eigenvalue weighted by Gasteiger charge is 1.97. The number of hydrogen-bond acceptors (Lipinski definition) is 1. The Hall–Kier alpha value is -3.00. The number of rotatable bonds is 4. The van der Waals surface area contributed by atoms with Gasteiger partial charge in [0.15, 0.2) is 0 Å². The van der Waals surface area contributed by atoms with E-state index in [1.807, 2.05) is 25.3 Å². The number of allylic oxidation sites excluding steroid dienone is 3. The molecule has 2 aromatic carbocycles. The van der Waals surface area contributed by atoms with Gasteiger partial charge in [0.2, 0.25) is 0 Å².